The van der Waals surface area contributed by atoms with Gasteiger partial charge in [0.05, 0.1) is 13.1 Å². The van der Waals surface area contributed by atoms with Crippen LogP contribution in [0.3, 0.4) is 0 Å². The zero-order chi connectivity index (χ0) is 18.3. The molecule has 5 nitrogen and oxygen atoms in total. The molecule has 1 aliphatic carbocycles. The van der Waals surface area contributed by atoms with Gasteiger partial charge in [-0.15, -0.1) is 0 Å². The van der Waals surface area contributed by atoms with E-state index in [9.17, 15) is 4.79 Å². The van der Waals surface area contributed by atoms with Gasteiger partial charge in [0, 0.05) is 25.1 Å². The van der Waals surface area contributed by atoms with Gasteiger partial charge in [-0.05, 0) is 42.4 Å². The molecule has 0 radical (unpaired) electrons. The van der Waals surface area contributed by atoms with Crippen molar-refractivity contribution in [1.82, 2.24) is 15.5 Å². The van der Waals surface area contributed by atoms with Gasteiger partial charge in [0.15, 0.2) is 5.96 Å². The summed E-state index contributed by atoms with van der Waals surface area (Å²) in [6.07, 6.45) is 5.03. The molecular weight excluding hydrogens is 380 g/mol. The number of hydrogen-bond acceptors (Lipinski definition) is 2. The van der Waals surface area contributed by atoms with Gasteiger partial charge in [0.25, 0.3) is 0 Å². The second kappa shape index (κ2) is 9.22. The lowest BCUT2D eigenvalue weighted by Crippen LogP contribution is -2.48. The molecule has 1 amide bonds. The average Bonchev–Trinajstić information content (AvgIpc) is 2.56. The van der Waals surface area contributed by atoms with Gasteiger partial charge < -0.3 is 15.5 Å². The van der Waals surface area contributed by atoms with Crippen LogP contribution in [0.2, 0.25) is 0 Å². The van der Waals surface area contributed by atoms with E-state index in [2.05, 4.69) is 50.6 Å². The van der Waals surface area contributed by atoms with Crippen LogP contribution in [-0.2, 0) is 11.3 Å². The minimum atomic E-state index is 0.0343. The molecule has 0 aromatic heterocycles. The number of nitrogens with zero attached hydrogens (tertiary/aromatic N) is 2. The number of amides is 1. The molecule has 0 unspecified atom stereocenters. The van der Waals surface area contributed by atoms with E-state index in [4.69, 9.17) is 0 Å². The minimum Gasteiger partial charge on any atom is -0.356 e. The maximum Gasteiger partial charge on any atom is 0.241 e. The number of carbonyl (C=O) groups excluding carboxylic acids is 1. The molecule has 25 heavy (non-hydrogen) atoms. The van der Waals surface area contributed by atoms with Crippen molar-refractivity contribution in [3.63, 3.8) is 0 Å². The van der Waals surface area contributed by atoms with Crippen LogP contribution in [0.15, 0.2) is 33.7 Å². The second-order valence-electron chi connectivity index (χ2n) is 6.99. The number of benzene rings is 1. The smallest absolute Gasteiger partial charge is 0.241 e. The van der Waals surface area contributed by atoms with Gasteiger partial charge in [0.1, 0.15) is 0 Å². The van der Waals surface area contributed by atoms with E-state index < -0.39 is 0 Å². The molecule has 2 N–H and O–H groups in total. The van der Waals surface area contributed by atoms with Crippen molar-refractivity contribution in [2.45, 2.75) is 39.2 Å². The molecular formula is C19H29BrN4O. The fourth-order valence-electron chi connectivity index (χ4n) is 2.86. The molecule has 0 atom stereocenters. The summed E-state index contributed by atoms with van der Waals surface area (Å²) in [7, 11) is 3.52. The first-order chi connectivity index (χ1) is 11.9. The molecule has 1 aromatic rings. The molecule has 1 saturated carbocycles. The highest BCUT2D eigenvalue weighted by molar-refractivity contribution is 9.10. The fourth-order valence-corrected chi connectivity index (χ4v) is 3.12. The standard InChI is InChI=1S/C19H29BrN4O/c1-4-19(10-5-11-19)14-23-18(22-13-17(25)24(2)3)21-12-15-6-8-16(20)9-7-15/h6-9H,4-5,10-14H2,1-3H3,(H2,21,22,23). The third-order valence-corrected chi connectivity index (χ3v) is 5.56. The maximum atomic E-state index is 11.9. The number of hydrogen-bond donors (Lipinski definition) is 2. The largest absolute Gasteiger partial charge is 0.356 e. The fraction of sp³-hybridized carbons (Fsp3) is 0.579. The molecule has 138 valence electrons. The van der Waals surface area contributed by atoms with Gasteiger partial charge in [-0.3, -0.25) is 4.79 Å². The average molecular weight is 409 g/mol. The molecule has 0 saturated heterocycles. The van der Waals surface area contributed by atoms with Crippen LogP contribution in [0.1, 0.15) is 38.2 Å². The molecule has 1 aromatic carbocycles. The number of nitrogens with one attached hydrogen (secondary N) is 2. The SMILES string of the molecule is CCC1(CNC(=NCc2ccc(Br)cc2)NCC(=O)N(C)C)CCC1. The van der Waals surface area contributed by atoms with E-state index in [0.717, 1.165) is 16.6 Å². The van der Waals surface area contributed by atoms with Crippen molar-refractivity contribution in [2.75, 3.05) is 27.2 Å². The molecule has 0 spiro atoms. The van der Waals surface area contributed by atoms with Crippen molar-refractivity contribution in [3.05, 3.63) is 34.3 Å². The first kappa shape index (κ1) is 19.8. The highest BCUT2D eigenvalue weighted by atomic mass is 79.9. The third-order valence-electron chi connectivity index (χ3n) is 5.03. The summed E-state index contributed by atoms with van der Waals surface area (Å²) in [5.41, 5.74) is 1.53. The summed E-state index contributed by atoms with van der Waals surface area (Å²) in [5, 5.41) is 6.61. The van der Waals surface area contributed by atoms with Crippen molar-refractivity contribution >= 4 is 27.8 Å². The normalized spacial score (nSPS) is 16.1. The Morgan fingerprint density at radius 1 is 1.24 bits per heavy atom. The van der Waals surface area contributed by atoms with Gasteiger partial charge in [-0.25, -0.2) is 4.99 Å². The summed E-state index contributed by atoms with van der Waals surface area (Å²) < 4.78 is 1.06. The van der Waals surface area contributed by atoms with E-state index in [1.807, 2.05) is 12.1 Å². The number of likely N-dealkylation sites (N-methyl/N-ethyl adjacent to an activating group) is 1. The molecule has 1 fully saturated rings. The van der Waals surface area contributed by atoms with Crippen molar-refractivity contribution in [3.8, 4) is 0 Å². The zero-order valence-corrected chi connectivity index (χ0v) is 17.0. The summed E-state index contributed by atoms with van der Waals surface area (Å²) in [5.74, 6) is 0.741. The molecule has 6 heteroatoms. The highest BCUT2D eigenvalue weighted by Crippen LogP contribution is 2.42. The van der Waals surface area contributed by atoms with Gasteiger partial charge >= 0.3 is 0 Å². The molecule has 0 aliphatic heterocycles. The first-order valence-electron chi connectivity index (χ1n) is 8.91. The molecule has 1 aliphatic rings. The zero-order valence-electron chi connectivity index (χ0n) is 15.4. The van der Waals surface area contributed by atoms with E-state index in [0.29, 0.717) is 17.9 Å². The lowest BCUT2D eigenvalue weighted by atomic mass is 9.67. The Morgan fingerprint density at radius 3 is 2.44 bits per heavy atom. The maximum absolute atomic E-state index is 11.9. The van der Waals surface area contributed by atoms with Crippen LogP contribution in [0.25, 0.3) is 0 Å². The van der Waals surface area contributed by atoms with Crippen LogP contribution < -0.4 is 10.6 Å². The molecule has 0 heterocycles. The predicted molar refractivity (Wildman–Crippen MR) is 107 cm³/mol. The number of rotatable bonds is 7. The number of halogens is 1. The predicted octanol–water partition coefficient (Wildman–Crippen LogP) is 3.15. The lowest BCUT2D eigenvalue weighted by molar-refractivity contribution is -0.127. The van der Waals surface area contributed by atoms with Crippen LogP contribution >= 0.6 is 15.9 Å². The Labute approximate surface area is 159 Å². The van der Waals surface area contributed by atoms with Gasteiger partial charge in [-0.2, -0.15) is 0 Å². The van der Waals surface area contributed by atoms with Gasteiger partial charge in [-0.1, -0.05) is 41.4 Å². The third kappa shape index (κ3) is 6.03. The first-order valence-corrected chi connectivity index (χ1v) is 9.70. The number of aliphatic imine (C=N–C) groups is 1. The highest BCUT2D eigenvalue weighted by Gasteiger charge is 2.34. The van der Waals surface area contributed by atoms with Crippen LogP contribution in [-0.4, -0.2) is 44.0 Å². The van der Waals surface area contributed by atoms with E-state index in [-0.39, 0.29) is 12.5 Å². The molecule has 0 bridgehead atoms. The van der Waals surface area contributed by atoms with Crippen molar-refractivity contribution in [2.24, 2.45) is 10.4 Å². The monoisotopic (exact) mass is 408 g/mol. The Balaban J connectivity index is 1.98. The number of guanidine groups is 1. The van der Waals surface area contributed by atoms with Crippen LogP contribution in [0.5, 0.6) is 0 Å². The summed E-state index contributed by atoms with van der Waals surface area (Å²) in [4.78, 5) is 18.1. The summed E-state index contributed by atoms with van der Waals surface area (Å²) >= 11 is 3.45. The minimum absolute atomic E-state index is 0.0343. The lowest BCUT2D eigenvalue weighted by Gasteiger charge is -2.41. The van der Waals surface area contributed by atoms with Crippen LogP contribution in [0, 0.1) is 5.41 Å². The van der Waals surface area contributed by atoms with Crippen molar-refractivity contribution in [1.29, 1.82) is 0 Å². The Morgan fingerprint density at radius 2 is 1.92 bits per heavy atom. The second-order valence-corrected chi connectivity index (χ2v) is 7.91. The van der Waals surface area contributed by atoms with Crippen molar-refractivity contribution < 1.29 is 4.79 Å². The Hall–Kier alpha value is -1.56. The van der Waals surface area contributed by atoms with Crippen LogP contribution in [0.4, 0.5) is 0 Å². The quantitative estimate of drug-likeness (QED) is 0.538. The number of carbonyl (C=O) groups is 1. The van der Waals surface area contributed by atoms with E-state index in [1.165, 1.54) is 25.7 Å². The Kier molecular flexibility index (Phi) is 7.29. The summed E-state index contributed by atoms with van der Waals surface area (Å²) in [6, 6.07) is 8.13. The molecule has 2 rings (SSSR count). The summed E-state index contributed by atoms with van der Waals surface area (Å²) in [6.45, 7) is 3.99. The van der Waals surface area contributed by atoms with Gasteiger partial charge in [0.2, 0.25) is 5.91 Å². The topological polar surface area (TPSA) is 56.7 Å². The van der Waals surface area contributed by atoms with E-state index >= 15 is 0 Å². The Bertz CT molecular complexity index is 588. The van der Waals surface area contributed by atoms with E-state index in [1.54, 1.807) is 19.0 Å².